The van der Waals surface area contributed by atoms with Crippen molar-refractivity contribution in [3.8, 4) is 0 Å². The van der Waals surface area contributed by atoms with Gasteiger partial charge >= 0.3 is 0 Å². The van der Waals surface area contributed by atoms with Crippen molar-refractivity contribution >= 4 is 21.8 Å². The van der Waals surface area contributed by atoms with Crippen LogP contribution in [0.25, 0.3) is 0 Å². The highest BCUT2D eigenvalue weighted by atomic mass is 32.2. The summed E-state index contributed by atoms with van der Waals surface area (Å²) in [5, 5.41) is 0. The largest absolute Gasteiger partial charge is 0.355 e. The SMILES string of the molecule is Cc1ccnc(N2CC3CN(C4=NS(=O)(=O)c5ccccc54)CC3C2)n1. The van der Waals surface area contributed by atoms with Crippen LogP contribution in [0.3, 0.4) is 0 Å². The highest BCUT2D eigenvalue weighted by Gasteiger charge is 2.44. The van der Waals surface area contributed by atoms with E-state index < -0.39 is 10.0 Å². The Kier molecular flexibility index (Phi) is 3.34. The summed E-state index contributed by atoms with van der Waals surface area (Å²) in [7, 11) is -3.56. The molecule has 2 atom stereocenters. The summed E-state index contributed by atoms with van der Waals surface area (Å²) in [5.74, 6) is 2.33. The zero-order chi connectivity index (χ0) is 17.9. The zero-order valence-corrected chi connectivity index (χ0v) is 15.2. The monoisotopic (exact) mass is 369 g/mol. The molecule has 2 unspecified atom stereocenters. The number of rotatable bonds is 1. The van der Waals surface area contributed by atoms with E-state index in [-0.39, 0.29) is 0 Å². The molecule has 3 aliphatic rings. The fraction of sp³-hybridized carbons (Fsp3) is 0.389. The summed E-state index contributed by atoms with van der Waals surface area (Å²) >= 11 is 0. The van der Waals surface area contributed by atoms with Crippen LogP contribution in [0.5, 0.6) is 0 Å². The van der Waals surface area contributed by atoms with Gasteiger partial charge in [0.1, 0.15) is 4.90 Å². The molecule has 3 aliphatic heterocycles. The summed E-state index contributed by atoms with van der Waals surface area (Å²) in [6.07, 6.45) is 1.80. The van der Waals surface area contributed by atoms with Crippen LogP contribution in [0, 0.1) is 18.8 Å². The van der Waals surface area contributed by atoms with Crippen molar-refractivity contribution in [1.82, 2.24) is 14.9 Å². The number of benzene rings is 1. The van der Waals surface area contributed by atoms with Crippen LogP contribution < -0.4 is 4.90 Å². The number of hydrogen-bond donors (Lipinski definition) is 0. The lowest BCUT2D eigenvalue weighted by Crippen LogP contribution is -2.33. The molecule has 5 rings (SSSR count). The first-order chi connectivity index (χ1) is 12.5. The molecule has 0 radical (unpaired) electrons. The first-order valence-electron chi connectivity index (χ1n) is 8.75. The Morgan fingerprint density at radius 1 is 1.00 bits per heavy atom. The van der Waals surface area contributed by atoms with Crippen molar-refractivity contribution in [2.75, 3.05) is 31.1 Å². The van der Waals surface area contributed by atoms with Crippen LogP contribution in [-0.4, -0.2) is 55.3 Å². The molecule has 1 aromatic heterocycles. The van der Waals surface area contributed by atoms with E-state index >= 15 is 0 Å². The number of likely N-dealkylation sites (tertiary alicyclic amines) is 1. The maximum Gasteiger partial charge on any atom is 0.285 e. The third-order valence-electron chi connectivity index (χ3n) is 5.46. The fourth-order valence-electron chi connectivity index (χ4n) is 4.23. The maximum atomic E-state index is 12.3. The van der Waals surface area contributed by atoms with Crippen LogP contribution in [0.2, 0.25) is 0 Å². The van der Waals surface area contributed by atoms with Gasteiger partial charge in [-0.15, -0.1) is 4.40 Å². The number of sulfonamides is 1. The lowest BCUT2D eigenvalue weighted by atomic mass is 10.0. The van der Waals surface area contributed by atoms with Gasteiger partial charge in [-0.2, -0.15) is 8.42 Å². The van der Waals surface area contributed by atoms with Crippen LogP contribution in [0.15, 0.2) is 45.8 Å². The van der Waals surface area contributed by atoms with Crippen LogP contribution >= 0.6 is 0 Å². The number of anilines is 1. The van der Waals surface area contributed by atoms with Gasteiger partial charge in [0.2, 0.25) is 5.95 Å². The van der Waals surface area contributed by atoms with E-state index in [1.165, 1.54) is 0 Å². The molecule has 26 heavy (non-hydrogen) atoms. The maximum absolute atomic E-state index is 12.3. The topological polar surface area (TPSA) is 78.8 Å². The van der Waals surface area contributed by atoms with E-state index in [0.29, 0.717) is 22.6 Å². The van der Waals surface area contributed by atoms with E-state index in [4.69, 9.17) is 0 Å². The average molecular weight is 369 g/mol. The second kappa shape index (κ2) is 5.51. The van der Waals surface area contributed by atoms with Gasteiger partial charge in [0, 0.05) is 55.5 Å². The van der Waals surface area contributed by atoms with Crippen molar-refractivity contribution in [1.29, 1.82) is 0 Å². The predicted octanol–water partition coefficient (Wildman–Crippen LogP) is 1.30. The Bertz CT molecular complexity index is 1010. The number of aromatic nitrogens is 2. The van der Waals surface area contributed by atoms with Crippen molar-refractivity contribution in [2.24, 2.45) is 16.2 Å². The molecule has 8 heteroatoms. The molecular weight excluding hydrogens is 350 g/mol. The normalized spacial score (nSPS) is 26.0. The lowest BCUT2D eigenvalue weighted by molar-refractivity contribution is 0.477. The summed E-state index contributed by atoms with van der Waals surface area (Å²) in [6.45, 7) is 5.39. The van der Waals surface area contributed by atoms with Crippen molar-refractivity contribution in [2.45, 2.75) is 11.8 Å². The molecule has 0 N–H and O–H groups in total. The molecule has 0 spiro atoms. The molecule has 4 heterocycles. The first kappa shape index (κ1) is 15.7. The van der Waals surface area contributed by atoms with Crippen molar-refractivity contribution in [3.05, 3.63) is 47.8 Å². The molecule has 2 aromatic rings. The summed E-state index contributed by atoms with van der Waals surface area (Å²) in [4.78, 5) is 13.6. The molecule has 0 bridgehead atoms. The van der Waals surface area contributed by atoms with Gasteiger partial charge in [-0.3, -0.25) is 0 Å². The number of hydrogen-bond acceptors (Lipinski definition) is 6. The highest BCUT2D eigenvalue weighted by molar-refractivity contribution is 7.90. The second-order valence-corrected chi connectivity index (χ2v) is 8.79. The van der Waals surface area contributed by atoms with Gasteiger partial charge in [-0.05, 0) is 25.1 Å². The Morgan fingerprint density at radius 3 is 2.42 bits per heavy atom. The van der Waals surface area contributed by atoms with E-state index in [9.17, 15) is 8.42 Å². The van der Waals surface area contributed by atoms with E-state index in [1.807, 2.05) is 25.1 Å². The van der Waals surface area contributed by atoms with E-state index in [2.05, 4.69) is 24.2 Å². The molecule has 134 valence electrons. The van der Waals surface area contributed by atoms with E-state index in [1.54, 1.807) is 18.3 Å². The second-order valence-electron chi connectivity index (χ2n) is 7.21. The third kappa shape index (κ3) is 2.39. The number of aryl methyl sites for hydroxylation is 1. The molecular formula is C18H19N5O2S. The molecule has 2 fully saturated rings. The molecule has 7 nitrogen and oxygen atoms in total. The smallest absolute Gasteiger partial charge is 0.285 e. The number of amidine groups is 1. The van der Waals surface area contributed by atoms with Crippen LogP contribution in [0.4, 0.5) is 5.95 Å². The fourth-order valence-corrected chi connectivity index (χ4v) is 5.46. The van der Waals surface area contributed by atoms with Gasteiger partial charge in [-0.25, -0.2) is 9.97 Å². The average Bonchev–Trinajstić information content (AvgIpc) is 3.25. The minimum atomic E-state index is -3.56. The third-order valence-corrected chi connectivity index (χ3v) is 6.79. The number of nitrogens with zero attached hydrogens (tertiary/aromatic N) is 5. The molecule has 0 aliphatic carbocycles. The van der Waals surface area contributed by atoms with Crippen molar-refractivity contribution < 1.29 is 8.42 Å². The lowest BCUT2D eigenvalue weighted by Gasteiger charge is -2.23. The van der Waals surface area contributed by atoms with Gasteiger partial charge in [0.05, 0.1) is 0 Å². The Morgan fingerprint density at radius 2 is 1.69 bits per heavy atom. The van der Waals surface area contributed by atoms with E-state index in [0.717, 1.165) is 43.4 Å². The predicted molar refractivity (Wildman–Crippen MR) is 97.7 cm³/mol. The van der Waals surface area contributed by atoms with Crippen LogP contribution in [-0.2, 0) is 10.0 Å². The summed E-state index contributed by atoms with van der Waals surface area (Å²) in [5.41, 5.74) is 1.70. The Balaban J connectivity index is 1.37. The molecule has 0 amide bonds. The quantitative estimate of drug-likeness (QED) is 0.754. The minimum Gasteiger partial charge on any atom is -0.355 e. The Labute approximate surface area is 152 Å². The van der Waals surface area contributed by atoms with Gasteiger partial charge in [0.25, 0.3) is 10.0 Å². The first-order valence-corrected chi connectivity index (χ1v) is 10.2. The highest BCUT2D eigenvalue weighted by Crippen LogP contribution is 2.36. The van der Waals surface area contributed by atoms with Crippen molar-refractivity contribution in [3.63, 3.8) is 0 Å². The Hall–Kier alpha value is -2.48. The summed E-state index contributed by atoms with van der Waals surface area (Å²) in [6, 6.07) is 8.99. The number of fused-ring (bicyclic) bond motifs is 2. The van der Waals surface area contributed by atoms with Gasteiger partial charge < -0.3 is 9.80 Å². The molecule has 2 saturated heterocycles. The van der Waals surface area contributed by atoms with Gasteiger partial charge in [0.15, 0.2) is 5.84 Å². The minimum absolute atomic E-state index is 0.321. The molecule has 1 aromatic carbocycles. The zero-order valence-electron chi connectivity index (χ0n) is 14.4. The molecule has 0 saturated carbocycles. The van der Waals surface area contributed by atoms with Gasteiger partial charge in [-0.1, -0.05) is 12.1 Å². The summed E-state index contributed by atoms with van der Waals surface area (Å²) < 4.78 is 28.7. The van der Waals surface area contributed by atoms with Crippen LogP contribution in [0.1, 0.15) is 11.3 Å². The standard InChI is InChI=1S/C18H19N5O2S/c1-12-6-7-19-18(20-12)23-10-13-8-22(9-14(13)11-23)17-15-4-2-3-5-16(15)26(24,25)21-17/h2-7,13-14H,8-11H2,1H3.